The molecule has 0 spiro atoms. The van der Waals surface area contributed by atoms with Crippen molar-refractivity contribution in [2.45, 2.75) is 58.8 Å². The van der Waals surface area contributed by atoms with Gasteiger partial charge in [-0.2, -0.15) is 0 Å². The molecule has 0 aliphatic carbocycles. The van der Waals surface area contributed by atoms with E-state index in [1.165, 1.54) is 5.56 Å². The molecular formula is C23H30N4O2. The first-order valence-corrected chi connectivity index (χ1v) is 10.6. The maximum Gasteiger partial charge on any atom is 0.223 e. The predicted octanol–water partition coefficient (Wildman–Crippen LogP) is 2.92. The van der Waals surface area contributed by atoms with Crippen LogP contribution in [0.2, 0.25) is 0 Å². The number of aromatic nitrogens is 2. The van der Waals surface area contributed by atoms with E-state index in [2.05, 4.69) is 35.9 Å². The number of carbonyl (C=O) groups is 1. The summed E-state index contributed by atoms with van der Waals surface area (Å²) in [5.74, 6) is 1.99. The normalized spacial score (nSPS) is 21.8. The van der Waals surface area contributed by atoms with Crippen molar-refractivity contribution in [3.8, 4) is 0 Å². The van der Waals surface area contributed by atoms with Crippen LogP contribution in [0, 0.1) is 6.92 Å². The lowest BCUT2D eigenvalue weighted by molar-refractivity contribution is -0.132. The molecule has 0 saturated carbocycles. The minimum Gasteiger partial charge on any atom is -0.372 e. The number of morpholine rings is 1. The first kappa shape index (κ1) is 19.8. The Morgan fingerprint density at radius 2 is 1.86 bits per heavy atom. The van der Waals surface area contributed by atoms with Gasteiger partial charge in [0.05, 0.1) is 24.4 Å². The zero-order valence-corrected chi connectivity index (χ0v) is 17.6. The monoisotopic (exact) mass is 394 g/mol. The van der Waals surface area contributed by atoms with Gasteiger partial charge in [-0.15, -0.1) is 0 Å². The SMILES string of the molecule is Cc1nc2c(c(N3C[C@@H](C)O[C@H](C)C3)n1)CN(C(=O)CCc1ccccc1)CC2. The number of aryl methyl sites for hydroxylation is 2. The van der Waals surface area contributed by atoms with Crippen molar-refractivity contribution in [2.75, 3.05) is 24.5 Å². The fourth-order valence-electron chi connectivity index (χ4n) is 4.40. The van der Waals surface area contributed by atoms with Crippen LogP contribution in [-0.2, 0) is 28.9 Å². The molecule has 1 amide bonds. The predicted molar refractivity (Wildman–Crippen MR) is 113 cm³/mol. The van der Waals surface area contributed by atoms with E-state index in [9.17, 15) is 4.79 Å². The number of hydrogen-bond acceptors (Lipinski definition) is 5. The fourth-order valence-corrected chi connectivity index (χ4v) is 4.40. The average molecular weight is 395 g/mol. The van der Waals surface area contributed by atoms with Crippen LogP contribution in [-0.4, -0.2) is 52.6 Å². The maximum atomic E-state index is 12.9. The summed E-state index contributed by atoms with van der Waals surface area (Å²) in [5.41, 5.74) is 3.40. The van der Waals surface area contributed by atoms with Gasteiger partial charge in [0.25, 0.3) is 0 Å². The molecule has 0 unspecified atom stereocenters. The van der Waals surface area contributed by atoms with E-state index in [1.54, 1.807) is 0 Å². The molecule has 2 atom stereocenters. The molecule has 29 heavy (non-hydrogen) atoms. The van der Waals surface area contributed by atoms with Gasteiger partial charge in [-0.3, -0.25) is 4.79 Å². The number of carbonyl (C=O) groups excluding carboxylic acids is 1. The third kappa shape index (κ3) is 4.58. The highest BCUT2D eigenvalue weighted by molar-refractivity contribution is 5.77. The summed E-state index contributed by atoms with van der Waals surface area (Å²) in [5, 5.41) is 0. The molecule has 0 bridgehead atoms. The van der Waals surface area contributed by atoms with Crippen LogP contribution in [0.1, 0.15) is 42.9 Å². The highest BCUT2D eigenvalue weighted by atomic mass is 16.5. The number of rotatable bonds is 4. The van der Waals surface area contributed by atoms with Crippen molar-refractivity contribution >= 4 is 11.7 Å². The maximum absolute atomic E-state index is 12.9. The Kier molecular flexibility index (Phi) is 5.81. The molecule has 1 aromatic carbocycles. The minimum atomic E-state index is 0.164. The summed E-state index contributed by atoms with van der Waals surface area (Å²) in [6.45, 7) is 9.11. The van der Waals surface area contributed by atoms with Gasteiger partial charge in [-0.1, -0.05) is 30.3 Å². The first-order valence-electron chi connectivity index (χ1n) is 10.6. The lowest BCUT2D eigenvalue weighted by atomic mass is 10.0. The number of anilines is 1. The molecule has 4 rings (SSSR count). The van der Waals surface area contributed by atoms with Gasteiger partial charge >= 0.3 is 0 Å². The third-order valence-electron chi connectivity index (χ3n) is 5.69. The smallest absolute Gasteiger partial charge is 0.223 e. The zero-order chi connectivity index (χ0) is 20.4. The number of hydrogen-bond donors (Lipinski definition) is 0. The molecule has 6 heteroatoms. The van der Waals surface area contributed by atoms with Gasteiger partial charge in [-0.05, 0) is 32.8 Å². The van der Waals surface area contributed by atoms with Crippen molar-refractivity contribution in [1.29, 1.82) is 0 Å². The van der Waals surface area contributed by atoms with Gasteiger partial charge in [0.15, 0.2) is 0 Å². The highest BCUT2D eigenvalue weighted by Crippen LogP contribution is 2.29. The van der Waals surface area contributed by atoms with Crippen molar-refractivity contribution in [1.82, 2.24) is 14.9 Å². The number of fused-ring (bicyclic) bond motifs is 1. The van der Waals surface area contributed by atoms with Crippen molar-refractivity contribution in [3.05, 3.63) is 53.0 Å². The largest absolute Gasteiger partial charge is 0.372 e. The summed E-state index contributed by atoms with van der Waals surface area (Å²) < 4.78 is 5.90. The summed E-state index contributed by atoms with van der Waals surface area (Å²) >= 11 is 0. The lowest BCUT2D eigenvalue weighted by Gasteiger charge is -2.38. The van der Waals surface area contributed by atoms with E-state index in [1.807, 2.05) is 30.0 Å². The van der Waals surface area contributed by atoms with E-state index in [-0.39, 0.29) is 18.1 Å². The summed E-state index contributed by atoms with van der Waals surface area (Å²) in [4.78, 5) is 26.6. The summed E-state index contributed by atoms with van der Waals surface area (Å²) in [6.07, 6.45) is 2.43. The molecule has 154 valence electrons. The van der Waals surface area contributed by atoms with E-state index < -0.39 is 0 Å². The Balaban J connectivity index is 1.51. The average Bonchev–Trinajstić information content (AvgIpc) is 2.71. The standard InChI is InChI=1S/C23H30N4O2/c1-16-13-27(14-17(2)29-16)23-20-15-26(12-11-21(20)24-18(3)25-23)22(28)10-9-19-7-5-4-6-8-19/h4-8,16-17H,9-15H2,1-3H3/t16-,17-/m1/s1. The molecule has 0 radical (unpaired) electrons. The topological polar surface area (TPSA) is 58.6 Å². The van der Waals surface area contributed by atoms with Gasteiger partial charge < -0.3 is 14.5 Å². The minimum absolute atomic E-state index is 0.164. The molecule has 2 aromatic rings. The van der Waals surface area contributed by atoms with Gasteiger partial charge in [0.1, 0.15) is 11.6 Å². The van der Waals surface area contributed by atoms with Crippen LogP contribution < -0.4 is 4.90 Å². The molecular weight excluding hydrogens is 364 g/mol. The van der Waals surface area contributed by atoms with E-state index in [4.69, 9.17) is 9.72 Å². The first-order chi connectivity index (χ1) is 14.0. The Morgan fingerprint density at radius 3 is 2.59 bits per heavy atom. The van der Waals surface area contributed by atoms with Crippen LogP contribution in [0.25, 0.3) is 0 Å². The van der Waals surface area contributed by atoms with Crippen molar-refractivity contribution < 1.29 is 9.53 Å². The Hall–Kier alpha value is -2.47. The molecule has 6 nitrogen and oxygen atoms in total. The lowest BCUT2D eigenvalue weighted by Crippen LogP contribution is -2.47. The number of amides is 1. The molecule has 1 fully saturated rings. The zero-order valence-electron chi connectivity index (χ0n) is 17.6. The van der Waals surface area contributed by atoms with Gasteiger partial charge in [-0.25, -0.2) is 9.97 Å². The second-order valence-electron chi connectivity index (χ2n) is 8.23. The van der Waals surface area contributed by atoms with Gasteiger partial charge in [0.2, 0.25) is 5.91 Å². The Bertz CT molecular complexity index is 861. The molecule has 1 aromatic heterocycles. The number of ether oxygens (including phenoxy) is 1. The molecule has 2 aliphatic rings. The molecule has 2 aliphatic heterocycles. The van der Waals surface area contributed by atoms with E-state index in [0.717, 1.165) is 55.4 Å². The number of benzene rings is 1. The quantitative estimate of drug-likeness (QED) is 0.798. The van der Waals surface area contributed by atoms with Crippen LogP contribution in [0.15, 0.2) is 30.3 Å². The Morgan fingerprint density at radius 1 is 1.14 bits per heavy atom. The van der Waals surface area contributed by atoms with Crippen LogP contribution >= 0.6 is 0 Å². The second-order valence-corrected chi connectivity index (χ2v) is 8.23. The van der Waals surface area contributed by atoms with E-state index in [0.29, 0.717) is 13.0 Å². The van der Waals surface area contributed by atoms with Crippen LogP contribution in [0.4, 0.5) is 5.82 Å². The second kappa shape index (κ2) is 8.49. The van der Waals surface area contributed by atoms with Crippen molar-refractivity contribution in [3.63, 3.8) is 0 Å². The molecule has 1 saturated heterocycles. The Labute approximate surface area is 172 Å². The highest BCUT2D eigenvalue weighted by Gasteiger charge is 2.30. The van der Waals surface area contributed by atoms with Gasteiger partial charge in [0, 0.05) is 38.0 Å². The third-order valence-corrected chi connectivity index (χ3v) is 5.69. The summed E-state index contributed by atoms with van der Waals surface area (Å²) in [7, 11) is 0. The fraction of sp³-hybridized carbons (Fsp3) is 0.522. The van der Waals surface area contributed by atoms with Crippen LogP contribution in [0.5, 0.6) is 0 Å². The van der Waals surface area contributed by atoms with Crippen molar-refractivity contribution in [2.24, 2.45) is 0 Å². The molecule has 3 heterocycles. The molecule has 0 N–H and O–H groups in total. The van der Waals surface area contributed by atoms with Crippen LogP contribution in [0.3, 0.4) is 0 Å². The van der Waals surface area contributed by atoms with E-state index >= 15 is 0 Å². The summed E-state index contributed by atoms with van der Waals surface area (Å²) in [6, 6.07) is 10.2. The number of nitrogens with zero attached hydrogens (tertiary/aromatic N) is 4.